The van der Waals surface area contributed by atoms with Crippen molar-refractivity contribution in [3.05, 3.63) is 42.2 Å². The van der Waals surface area contributed by atoms with Crippen LogP contribution in [0.25, 0.3) is 0 Å². The van der Waals surface area contributed by atoms with Gasteiger partial charge in [-0.15, -0.1) is 0 Å². The lowest BCUT2D eigenvalue weighted by Gasteiger charge is -2.25. The number of guanidine groups is 1. The van der Waals surface area contributed by atoms with Gasteiger partial charge in [-0.25, -0.2) is 9.38 Å². The van der Waals surface area contributed by atoms with Gasteiger partial charge < -0.3 is 15.0 Å². The molecule has 2 aliphatic rings. The lowest BCUT2D eigenvalue weighted by molar-refractivity contribution is 0.219. The Labute approximate surface area is 155 Å². The second kappa shape index (κ2) is 9.03. The fourth-order valence-corrected chi connectivity index (χ4v) is 3.46. The standard InChI is InChI=1S/C20H29FN4O/c1-3-22-20(25-13-10-17(15-25)24-11-6-7-12-24)23-14-16(2)26-19-9-5-4-8-18(19)21/h4-9,16-17H,3,10-15H2,1-2H3,(H,22,23). The molecule has 26 heavy (non-hydrogen) atoms. The van der Waals surface area contributed by atoms with E-state index in [1.807, 2.05) is 6.92 Å². The molecule has 2 atom stereocenters. The first kappa shape index (κ1) is 18.7. The van der Waals surface area contributed by atoms with Crippen molar-refractivity contribution < 1.29 is 9.13 Å². The molecule has 6 heteroatoms. The molecule has 2 unspecified atom stereocenters. The largest absolute Gasteiger partial charge is 0.486 e. The minimum atomic E-state index is -0.336. The second-order valence-corrected chi connectivity index (χ2v) is 6.87. The second-order valence-electron chi connectivity index (χ2n) is 6.87. The smallest absolute Gasteiger partial charge is 0.194 e. The number of para-hydroxylation sites is 1. The van der Waals surface area contributed by atoms with Crippen molar-refractivity contribution in [2.75, 3.05) is 39.3 Å². The zero-order valence-electron chi connectivity index (χ0n) is 15.7. The Morgan fingerprint density at radius 1 is 1.35 bits per heavy atom. The Hall–Kier alpha value is -2.08. The minimum absolute atomic E-state index is 0.193. The van der Waals surface area contributed by atoms with Crippen molar-refractivity contribution in [3.8, 4) is 5.75 Å². The summed E-state index contributed by atoms with van der Waals surface area (Å²) in [7, 11) is 0. The van der Waals surface area contributed by atoms with Crippen LogP contribution in [0, 0.1) is 5.82 Å². The van der Waals surface area contributed by atoms with E-state index >= 15 is 0 Å². The number of likely N-dealkylation sites (tertiary alicyclic amines) is 1. The molecule has 1 aromatic rings. The van der Waals surface area contributed by atoms with Gasteiger partial charge in [0.15, 0.2) is 17.5 Å². The first-order chi connectivity index (χ1) is 12.7. The predicted molar refractivity (Wildman–Crippen MR) is 103 cm³/mol. The third-order valence-electron chi connectivity index (χ3n) is 4.82. The maximum Gasteiger partial charge on any atom is 0.194 e. The highest BCUT2D eigenvalue weighted by Crippen LogP contribution is 2.19. The molecule has 5 nitrogen and oxygen atoms in total. The average Bonchev–Trinajstić information content (AvgIpc) is 3.32. The van der Waals surface area contributed by atoms with E-state index in [4.69, 9.17) is 9.73 Å². The molecule has 1 saturated heterocycles. The van der Waals surface area contributed by atoms with E-state index in [2.05, 4.69) is 34.2 Å². The molecular weight excluding hydrogens is 331 g/mol. The first-order valence-corrected chi connectivity index (χ1v) is 9.51. The van der Waals surface area contributed by atoms with Gasteiger partial charge in [0.2, 0.25) is 0 Å². The monoisotopic (exact) mass is 360 g/mol. The third kappa shape index (κ3) is 4.75. The summed E-state index contributed by atoms with van der Waals surface area (Å²) >= 11 is 0. The fourth-order valence-electron chi connectivity index (χ4n) is 3.46. The zero-order chi connectivity index (χ0) is 18.4. The number of nitrogens with zero attached hydrogens (tertiary/aromatic N) is 3. The molecule has 0 spiro atoms. The molecule has 1 fully saturated rings. The number of ether oxygens (including phenoxy) is 1. The van der Waals surface area contributed by atoms with Crippen LogP contribution in [-0.2, 0) is 0 Å². The number of hydrogen-bond donors (Lipinski definition) is 1. The van der Waals surface area contributed by atoms with E-state index in [1.165, 1.54) is 6.07 Å². The maximum atomic E-state index is 13.7. The topological polar surface area (TPSA) is 40.1 Å². The molecule has 1 N–H and O–H groups in total. The summed E-state index contributed by atoms with van der Waals surface area (Å²) in [4.78, 5) is 9.56. The quantitative estimate of drug-likeness (QED) is 0.481. The molecule has 0 amide bonds. The number of halogens is 1. The van der Waals surface area contributed by atoms with E-state index < -0.39 is 0 Å². The molecule has 0 aromatic heterocycles. The Kier molecular flexibility index (Phi) is 6.50. The van der Waals surface area contributed by atoms with Crippen LogP contribution < -0.4 is 10.1 Å². The van der Waals surface area contributed by atoms with Crippen molar-refractivity contribution in [1.82, 2.24) is 15.1 Å². The zero-order valence-corrected chi connectivity index (χ0v) is 15.7. The SMILES string of the molecule is CCNC(=NCC(C)Oc1ccccc1F)N1CCC(N2CC=CC2)C1. The molecular formula is C20H29FN4O. The molecule has 142 valence electrons. The molecule has 2 heterocycles. The molecule has 3 rings (SSSR count). The summed E-state index contributed by atoms with van der Waals surface area (Å²) in [5, 5.41) is 3.38. The van der Waals surface area contributed by atoms with Gasteiger partial charge in [-0.1, -0.05) is 24.3 Å². The minimum Gasteiger partial charge on any atom is -0.486 e. The molecule has 0 saturated carbocycles. The Balaban J connectivity index is 1.56. The maximum absolute atomic E-state index is 13.7. The Morgan fingerprint density at radius 3 is 2.85 bits per heavy atom. The van der Waals surface area contributed by atoms with Crippen LogP contribution in [0.5, 0.6) is 5.75 Å². The van der Waals surface area contributed by atoms with Gasteiger partial charge in [0, 0.05) is 38.8 Å². The lowest BCUT2D eigenvalue weighted by atomic mass is 10.2. The molecule has 0 bridgehead atoms. The summed E-state index contributed by atoms with van der Waals surface area (Å²) in [6.45, 7) is 9.43. The summed E-state index contributed by atoms with van der Waals surface area (Å²) in [5.41, 5.74) is 0. The normalized spacial score (nSPS) is 22.0. The number of rotatable bonds is 6. The van der Waals surface area contributed by atoms with Crippen LogP contribution in [0.1, 0.15) is 20.3 Å². The fraction of sp³-hybridized carbons (Fsp3) is 0.550. The summed E-state index contributed by atoms with van der Waals surface area (Å²) in [5.74, 6) is 0.867. The van der Waals surface area contributed by atoms with Crippen molar-refractivity contribution in [2.45, 2.75) is 32.4 Å². The van der Waals surface area contributed by atoms with E-state index in [9.17, 15) is 4.39 Å². The van der Waals surface area contributed by atoms with Crippen molar-refractivity contribution in [1.29, 1.82) is 0 Å². The number of aliphatic imine (C=N–C) groups is 1. The Bertz CT molecular complexity index is 640. The first-order valence-electron chi connectivity index (χ1n) is 9.51. The molecule has 0 aliphatic carbocycles. The average molecular weight is 360 g/mol. The van der Waals surface area contributed by atoms with Gasteiger partial charge in [-0.05, 0) is 32.4 Å². The van der Waals surface area contributed by atoms with Gasteiger partial charge in [0.1, 0.15) is 6.10 Å². The van der Waals surface area contributed by atoms with Gasteiger partial charge in [0.25, 0.3) is 0 Å². The van der Waals surface area contributed by atoms with Gasteiger partial charge in [-0.3, -0.25) is 4.90 Å². The van der Waals surface area contributed by atoms with Crippen LogP contribution in [0.3, 0.4) is 0 Å². The van der Waals surface area contributed by atoms with Crippen molar-refractivity contribution in [2.24, 2.45) is 4.99 Å². The summed E-state index contributed by atoms with van der Waals surface area (Å²) in [6, 6.07) is 7.08. The molecule has 2 aliphatic heterocycles. The summed E-state index contributed by atoms with van der Waals surface area (Å²) < 4.78 is 19.4. The van der Waals surface area contributed by atoms with Crippen LogP contribution >= 0.6 is 0 Å². The van der Waals surface area contributed by atoms with Gasteiger partial charge in [-0.2, -0.15) is 0 Å². The van der Waals surface area contributed by atoms with E-state index in [-0.39, 0.29) is 17.7 Å². The van der Waals surface area contributed by atoms with Crippen LogP contribution in [0.4, 0.5) is 4.39 Å². The third-order valence-corrected chi connectivity index (χ3v) is 4.82. The molecule has 0 radical (unpaired) electrons. The van der Waals surface area contributed by atoms with Crippen LogP contribution in [0.2, 0.25) is 0 Å². The highest BCUT2D eigenvalue weighted by atomic mass is 19.1. The Morgan fingerprint density at radius 2 is 2.12 bits per heavy atom. The van der Waals surface area contributed by atoms with E-state index in [1.54, 1.807) is 18.2 Å². The van der Waals surface area contributed by atoms with Gasteiger partial charge >= 0.3 is 0 Å². The molecule has 1 aromatic carbocycles. The summed E-state index contributed by atoms with van der Waals surface area (Å²) in [6.07, 6.45) is 5.45. The lowest BCUT2D eigenvalue weighted by Crippen LogP contribution is -2.43. The number of benzene rings is 1. The van der Waals surface area contributed by atoms with Gasteiger partial charge in [0.05, 0.1) is 6.54 Å². The number of nitrogens with one attached hydrogen (secondary N) is 1. The predicted octanol–water partition coefficient (Wildman–Crippen LogP) is 2.50. The van der Waals surface area contributed by atoms with Crippen molar-refractivity contribution in [3.63, 3.8) is 0 Å². The highest BCUT2D eigenvalue weighted by Gasteiger charge is 2.29. The van der Waals surface area contributed by atoms with E-state index in [0.717, 1.165) is 45.1 Å². The van der Waals surface area contributed by atoms with Crippen molar-refractivity contribution >= 4 is 5.96 Å². The number of hydrogen-bond acceptors (Lipinski definition) is 3. The van der Waals surface area contributed by atoms with Crippen LogP contribution in [0.15, 0.2) is 41.4 Å². The highest BCUT2D eigenvalue weighted by molar-refractivity contribution is 5.80. The van der Waals surface area contributed by atoms with Crippen LogP contribution in [-0.4, -0.2) is 67.2 Å². The van der Waals surface area contributed by atoms with E-state index in [0.29, 0.717) is 12.6 Å².